The molecule has 88 valence electrons. The Hall–Kier alpha value is -0.770. The Balaban J connectivity index is 2.41. The zero-order valence-corrected chi connectivity index (χ0v) is 9.95. The first kappa shape index (κ1) is 12.3. The first-order valence-electron chi connectivity index (χ1n) is 5.85. The average molecular weight is 214 g/mol. The number of rotatable bonds is 3. The SMILES string of the molecule is CCN(CC)C(=O)OC1CNCCC1C. The van der Waals surface area contributed by atoms with Crippen LogP contribution in [0.5, 0.6) is 0 Å². The Bertz CT molecular complexity index is 205. The number of piperidine rings is 1. The summed E-state index contributed by atoms with van der Waals surface area (Å²) in [5.74, 6) is 0.464. The molecule has 0 spiro atoms. The molecule has 1 aliphatic rings. The van der Waals surface area contributed by atoms with E-state index >= 15 is 0 Å². The van der Waals surface area contributed by atoms with Crippen LogP contribution in [-0.2, 0) is 4.74 Å². The van der Waals surface area contributed by atoms with E-state index in [-0.39, 0.29) is 12.2 Å². The minimum Gasteiger partial charge on any atom is -0.444 e. The van der Waals surface area contributed by atoms with Gasteiger partial charge in [0.1, 0.15) is 6.10 Å². The molecule has 1 N–H and O–H groups in total. The highest BCUT2D eigenvalue weighted by Gasteiger charge is 2.25. The summed E-state index contributed by atoms with van der Waals surface area (Å²) in [6.07, 6.45) is 0.934. The fourth-order valence-electron chi connectivity index (χ4n) is 1.80. The number of ether oxygens (including phenoxy) is 1. The molecule has 1 saturated heterocycles. The highest BCUT2D eigenvalue weighted by molar-refractivity contribution is 5.67. The molecule has 0 radical (unpaired) electrons. The van der Waals surface area contributed by atoms with Crippen LogP contribution in [0, 0.1) is 5.92 Å². The van der Waals surface area contributed by atoms with Gasteiger partial charge in [-0.2, -0.15) is 0 Å². The number of carbonyl (C=O) groups is 1. The first-order chi connectivity index (χ1) is 7.19. The molecule has 0 aliphatic carbocycles. The maximum absolute atomic E-state index is 11.7. The summed E-state index contributed by atoms with van der Waals surface area (Å²) in [6.45, 7) is 9.31. The molecular formula is C11H22N2O2. The fourth-order valence-corrected chi connectivity index (χ4v) is 1.80. The van der Waals surface area contributed by atoms with Gasteiger partial charge in [-0.3, -0.25) is 0 Å². The number of carbonyl (C=O) groups excluding carboxylic acids is 1. The maximum atomic E-state index is 11.7. The molecule has 1 heterocycles. The van der Waals surface area contributed by atoms with Crippen molar-refractivity contribution in [3.05, 3.63) is 0 Å². The summed E-state index contributed by atoms with van der Waals surface area (Å²) < 4.78 is 5.47. The van der Waals surface area contributed by atoms with E-state index in [0.29, 0.717) is 19.0 Å². The Morgan fingerprint density at radius 2 is 2.13 bits per heavy atom. The van der Waals surface area contributed by atoms with E-state index in [1.807, 2.05) is 13.8 Å². The minimum atomic E-state index is -0.180. The molecule has 1 fully saturated rings. The number of hydrogen-bond acceptors (Lipinski definition) is 3. The third-order valence-electron chi connectivity index (χ3n) is 3.03. The minimum absolute atomic E-state index is 0.0341. The zero-order chi connectivity index (χ0) is 11.3. The van der Waals surface area contributed by atoms with Crippen molar-refractivity contribution >= 4 is 6.09 Å². The zero-order valence-electron chi connectivity index (χ0n) is 9.95. The van der Waals surface area contributed by atoms with Gasteiger partial charge in [-0.1, -0.05) is 6.92 Å². The molecule has 2 unspecified atom stereocenters. The molecule has 0 aromatic rings. The van der Waals surface area contributed by atoms with Crippen LogP contribution < -0.4 is 5.32 Å². The maximum Gasteiger partial charge on any atom is 0.410 e. The van der Waals surface area contributed by atoms with Crippen LogP contribution in [0.2, 0.25) is 0 Å². The highest BCUT2D eigenvalue weighted by atomic mass is 16.6. The summed E-state index contributed by atoms with van der Waals surface area (Å²) in [6, 6.07) is 0. The predicted molar refractivity (Wildman–Crippen MR) is 59.8 cm³/mol. The van der Waals surface area contributed by atoms with Crippen LogP contribution in [-0.4, -0.2) is 43.3 Å². The first-order valence-corrected chi connectivity index (χ1v) is 5.85. The number of hydrogen-bond donors (Lipinski definition) is 1. The standard InChI is InChI=1S/C11H22N2O2/c1-4-13(5-2)11(14)15-10-8-12-7-6-9(10)3/h9-10,12H,4-8H2,1-3H3. The summed E-state index contributed by atoms with van der Waals surface area (Å²) in [4.78, 5) is 13.4. The summed E-state index contributed by atoms with van der Waals surface area (Å²) in [5, 5.41) is 3.25. The van der Waals surface area contributed by atoms with E-state index < -0.39 is 0 Å². The summed E-state index contributed by atoms with van der Waals surface area (Å²) >= 11 is 0. The van der Waals surface area contributed by atoms with Crippen LogP contribution >= 0.6 is 0 Å². The molecule has 2 atom stereocenters. The van der Waals surface area contributed by atoms with Gasteiger partial charge >= 0.3 is 6.09 Å². The second kappa shape index (κ2) is 5.95. The monoisotopic (exact) mass is 214 g/mol. The van der Waals surface area contributed by atoms with Crippen LogP contribution in [0.4, 0.5) is 4.79 Å². The van der Waals surface area contributed by atoms with E-state index in [1.54, 1.807) is 4.90 Å². The summed E-state index contributed by atoms with van der Waals surface area (Å²) in [7, 11) is 0. The van der Waals surface area contributed by atoms with Gasteiger partial charge in [0.25, 0.3) is 0 Å². The van der Waals surface area contributed by atoms with Crippen LogP contribution in [0.3, 0.4) is 0 Å². The molecular weight excluding hydrogens is 192 g/mol. The van der Waals surface area contributed by atoms with Crippen molar-refractivity contribution in [3.63, 3.8) is 0 Å². The normalized spacial score (nSPS) is 26.1. The van der Waals surface area contributed by atoms with E-state index in [0.717, 1.165) is 19.5 Å². The molecule has 0 bridgehead atoms. The Labute approximate surface area is 92.0 Å². The molecule has 4 heteroatoms. The van der Waals surface area contributed by atoms with E-state index in [1.165, 1.54) is 0 Å². The van der Waals surface area contributed by atoms with Gasteiger partial charge in [-0.25, -0.2) is 4.79 Å². The van der Waals surface area contributed by atoms with Gasteiger partial charge < -0.3 is 15.0 Å². The lowest BCUT2D eigenvalue weighted by Gasteiger charge is -2.31. The van der Waals surface area contributed by atoms with Crippen molar-refractivity contribution in [1.29, 1.82) is 0 Å². The molecule has 1 amide bonds. The molecule has 0 aromatic carbocycles. The van der Waals surface area contributed by atoms with Crippen LogP contribution in [0.15, 0.2) is 0 Å². The molecule has 0 saturated carbocycles. The third-order valence-corrected chi connectivity index (χ3v) is 3.03. The number of amides is 1. The topological polar surface area (TPSA) is 41.6 Å². The van der Waals surface area contributed by atoms with Crippen molar-refractivity contribution in [3.8, 4) is 0 Å². The Kier molecular flexibility index (Phi) is 4.88. The van der Waals surface area contributed by atoms with Gasteiger partial charge in [-0.15, -0.1) is 0 Å². The third kappa shape index (κ3) is 3.38. The van der Waals surface area contributed by atoms with E-state index in [9.17, 15) is 4.79 Å². The second-order valence-corrected chi connectivity index (χ2v) is 4.06. The van der Waals surface area contributed by atoms with Gasteiger partial charge in [0.2, 0.25) is 0 Å². The summed E-state index contributed by atoms with van der Waals surface area (Å²) in [5.41, 5.74) is 0. The van der Waals surface area contributed by atoms with Crippen molar-refractivity contribution in [2.24, 2.45) is 5.92 Å². The van der Waals surface area contributed by atoms with Crippen LogP contribution in [0.25, 0.3) is 0 Å². The second-order valence-electron chi connectivity index (χ2n) is 4.06. The predicted octanol–water partition coefficient (Wildman–Crippen LogP) is 1.46. The molecule has 4 nitrogen and oxygen atoms in total. The lowest BCUT2D eigenvalue weighted by Crippen LogP contribution is -2.44. The lowest BCUT2D eigenvalue weighted by atomic mass is 9.97. The molecule has 1 aliphatic heterocycles. The molecule has 0 aromatic heterocycles. The van der Waals surface area contributed by atoms with Gasteiger partial charge in [0, 0.05) is 19.6 Å². The smallest absolute Gasteiger partial charge is 0.410 e. The van der Waals surface area contributed by atoms with Crippen molar-refractivity contribution in [1.82, 2.24) is 10.2 Å². The molecule has 1 rings (SSSR count). The van der Waals surface area contributed by atoms with Gasteiger partial charge in [-0.05, 0) is 32.7 Å². The van der Waals surface area contributed by atoms with E-state index in [2.05, 4.69) is 12.2 Å². The van der Waals surface area contributed by atoms with Crippen molar-refractivity contribution < 1.29 is 9.53 Å². The van der Waals surface area contributed by atoms with Gasteiger partial charge in [0.05, 0.1) is 0 Å². The number of nitrogens with zero attached hydrogens (tertiary/aromatic N) is 1. The lowest BCUT2D eigenvalue weighted by molar-refractivity contribution is 0.0291. The Morgan fingerprint density at radius 1 is 1.47 bits per heavy atom. The quantitative estimate of drug-likeness (QED) is 0.773. The molecule has 15 heavy (non-hydrogen) atoms. The number of nitrogens with one attached hydrogen (secondary N) is 1. The van der Waals surface area contributed by atoms with Crippen LogP contribution in [0.1, 0.15) is 27.2 Å². The van der Waals surface area contributed by atoms with Gasteiger partial charge in [0.15, 0.2) is 0 Å². The average Bonchev–Trinajstić information content (AvgIpc) is 2.23. The van der Waals surface area contributed by atoms with Crippen molar-refractivity contribution in [2.75, 3.05) is 26.2 Å². The van der Waals surface area contributed by atoms with E-state index in [4.69, 9.17) is 4.74 Å². The fraction of sp³-hybridized carbons (Fsp3) is 0.909. The largest absolute Gasteiger partial charge is 0.444 e. The highest BCUT2D eigenvalue weighted by Crippen LogP contribution is 2.15. The van der Waals surface area contributed by atoms with Crippen molar-refractivity contribution in [2.45, 2.75) is 33.3 Å². The Morgan fingerprint density at radius 3 is 2.67 bits per heavy atom.